The average molecular weight is 252 g/mol. The van der Waals surface area contributed by atoms with E-state index in [-0.39, 0.29) is 5.82 Å². The highest BCUT2D eigenvalue weighted by Gasteiger charge is 2.15. The van der Waals surface area contributed by atoms with Gasteiger partial charge in [-0.25, -0.2) is 4.39 Å². The van der Waals surface area contributed by atoms with Crippen LogP contribution in [0.3, 0.4) is 0 Å². The second-order valence-corrected chi connectivity index (χ2v) is 5.18. The van der Waals surface area contributed by atoms with E-state index in [0.717, 1.165) is 19.3 Å². The molecule has 18 heavy (non-hydrogen) atoms. The summed E-state index contributed by atoms with van der Waals surface area (Å²) in [6.07, 6.45) is 4.81. The van der Waals surface area contributed by atoms with Crippen LogP contribution in [0.2, 0.25) is 0 Å². The summed E-state index contributed by atoms with van der Waals surface area (Å²) in [4.78, 5) is 0. The Hall–Kier alpha value is -0.890. The summed E-state index contributed by atoms with van der Waals surface area (Å²) >= 11 is 0. The molecule has 1 aromatic carbocycles. The van der Waals surface area contributed by atoms with Gasteiger partial charge < -0.3 is 5.11 Å². The molecule has 0 aliphatic heterocycles. The van der Waals surface area contributed by atoms with Crippen molar-refractivity contribution < 1.29 is 9.50 Å². The number of aliphatic hydroxyl groups excluding tert-OH is 1. The molecule has 1 aromatic rings. The van der Waals surface area contributed by atoms with Crippen LogP contribution in [0.1, 0.15) is 63.2 Å². The lowest BCUT2D eigenvalue weighted by Gasteiger charge is -2.19. The van der Waals surface area contributed by atoms with Gasteiger partial charge in [-0.3, -0.25) is 0 Å². The molecule has 0 aromatic heterocycles. The third-order valence-electron chi connectivity index (χ3n) is 3.68. The Morgan fingerprint density at radius 3 is 2.56 bits per heavy atom. The first-order valence-electron chi connectivity index (χ1n) is 7.02. The van der Waals surface area contributed by atoms with Gasteiger partial charge in [-0.05, 0) is 36.5 Å². The van der Waals surface area contributed by atoms with Gasteiger partial charge >= 0.3 is 0 Å². The fourth-order valence-electron chi connectivity index (χ4n) is 2.25. The van der Waals surface area contributed by atoms with E-state index < -0.39 is 6.10 Å². The lowest BCUT2D eigenvalue weighted by molar-refractivity contribution is 0.138. The Morgan fingerprint density at radius 1 is 1.28 bits per heavy atom. The van der Waals surface area contributed by atoms with Crippen LogP contribution in [-0.4, -0.2) is 5.11 Å². The van der Waals surface area contributed by atoms with Gasteiger partial charge in [-0.2, -0.15) is 0 Å². The summed E-state index contributed by atoms with van der Waals surface area (Å²) in [7, 11) is 0. The lowest BCUT2D eigenvalue weighted by Crippen LogP contribution is -2.07. The summed E-state index contributed by atoms with van der Waals surface area (Å²) in [5.41, 5.74) is 1.33. The predicted molar refractivity (Wildman–Crippen MR) is 74.0 cm³/mol. The quantitative estimate of drug-likeness (QED) is 0.740. The van der Waals surface area contributed by atoms with Gasteiger partial charge in [-0.1, -0.05) is 51.7 Å². The Balaban J connectivity index is 2.62. The third-order valence-corrected chi connectivity index (χ3v) is 3.68. The topological polar surface area (TPSA) is 20.2 Å². The number of aryl methyl sites for hydroxylation is 1. The van der Waals surface area contributed by atoms with Crippen molar-refractivity contribution in [2.75, 3.05) is 0 Å². The van der Waals surface area contributed by atoms with Gasteiger partial charge in [0.15, 0.2) is 0 Å². The van der Waals surface area contributed by atoms with E-state index in [1.54, 1.807) is 13.0 Å². The SMILES string of the molecule is CCCCC(CC)CC(O)c1ccc(C)c(F)c1. The Kier molecular flexibility index (Phi) is 6.34. The zero-order valence-electron chi connectivity index (χ0n) is 11.7. The van der Waals surface area contributed by atoms with Gasteiger partial charge in [-0.15, -0.1) is 0 Å². The van der Waals surface area contributed by atoms with Crippen LogP contribution in [0.25, 0.3) is 0 Å². The highest BCUT2D eigenvalue weighted by atomic mass is 19.1. The van der Waals surface area contributed by atoms with Gasteiger partial charge in [0.05, 0.1) is 6.10 Å². The minimum atomic E-state index is -0.540. The highest BCUT2D eigenvalue weighted by Crippen LogP contribution is 2.27. The molecular weight excluding hydrogens is 227 g/mol. The Morgan fingerprint density at radius 2 is 2.00 bits per heavy atom. The molecular formula is C16H25FO. The molecule has 2 atom stereocenters. The molecule has 0 spiro atoms. The molecule has 0 saturated heterocycles. The van der Waals surface area contributed by atoms with E-state index in [4.69, 9.17) is 0 Å². The number of unbranched alkanes of at least 4 members (excludes halogenated alkanes) is 1. The molecule has 2 heteroatoms. The summed E-state index contributed by atoms with van der Waals surface area (Å²) in [5.74, 6) is 0.303. The minimum absolute atomic E-state index is 0.229. The van der Waals surface area contributed by atoms with E-state index in [1.165, 1.54) is 18.9 Å². The van der Waals surface area contributed by atoms with Crippen molar-refractivity contribution >= 4 is 0 Å². The third kappa shape index (κ3) is 4.41. The Labute approximate surface area is 110 Å². The zero-order valence-corrected chi connectivity index (χ0v) is 11.7. The molecule has 0 radical (unpaired) electrons. The monoisotopic (exact) mass is 252 g/mol. The van der Waals surface area contributed by atoms with E-state index in [9.17, 15) is 9.50 Å². The van der Waals surface area contributed by atoms with Crippen molar-refractivity contribution in [3.05, 3.63) is 35.1 Å². The largest absolute Gasteiger partial charge is 0.388 e. The standard InChI is InChI=1S/C16H25FO/c1-4-6-7-13(5-2)10-16(18)14-9-8-12(3)15(17)11-14/h8-9,11,13,16,18H,4-7,10H2,1-3H3. The number of rotatable bonds is 7. The fraction of sp³-hybridized carbons (Fsp3) is 0.625. The van der Waals surface area contributed by atoms with Crippen molar-refractivity contribution in [3.8, 4) is 0 Å². The maximum absolute atomic E-state index is 13.5. The molecule has 1 rings (SSSR count). The summed E-state index contributed by atoms with van der Waals surface area (Å²) in [6.45, 7) is 6.07. The van der Waals surface area contributed by atoms with Crippen molar-refractivity contribution in [1.29, 1.82) is 0 Å². The molecule has 1 N–H and O–H groups in total. The van der Waals surface area contributed by atoms with Crippen LogP contribution in [0.5, 0.6) is 0 Å². The van der Waals surface area contributed by atoms with Crippen molar-refractivity contribution in [1.82, 2.24) is 0 Å². The molecule has 0 fully saturated rings. The molecule has 1 nitrogen and oxygen atoms in total. The number of aliphatic hydroxyl groups is 1. The second kappa shape index (κ2) is 7.52. The summed E-state index contributed by atoms with van der Waals surface area (Å²) in [6, 6.07) is 5.03. The summed E-state index contributed by atoms with van der Waals surface area (Å²) in [5, 5.41) is 10.2. The minimum Gasteiger partial charge on any atom is -0.388 e. The van der Waals surface area contributed by atoms with Gasteiger partial charge in [0, 0.05) is 0 Å². The highest BCUT2D eigenvalue weighted by molar-refractivity contribution is 5.24. The van der Waals surface area contributed by atoms with Crippen LogP contribution in [0, 0.1) is 18.7 Å². The smallest absolute Gasteiger partial charge is 0.126 e. The molecule has 0 bridgehead atoms. The molecule has 0 aliphatic rings. The molecule has 0 amide bonds. The fourth-order valence-corrected chi connectivity index (χ4v) is 2.25. The van der Waals surface area contributed by atoms with E-state index in [1.807, 2.05) is 6.07 Å². The van der Waals surface area contributed by atoms with E-state index >= 15 is 0 Å². The molecule has 102 valence electrons. The molecule has 0 aliphatic carbocycles. The van der Waals surface area contributed by atoms with E-state index in [0.29, 0.717) is 17.0 Å². The van der Waals surface area contributed by atoms with Crippen LogP contribution < -0.4 is 0 Å². The van der Waals surface area contributed by atoms with Crippen LogP contribution in [-0.2, 0) is 0 Å². The van der Waals surface area contributed by atoms with Crippen LogP contribution in [0.4, 0.5) is 4.39 Å². The van der Waals surface area contributed by atoms with Crippen molar-refractivity contribution in [2.24, 2.45) is 5.92 Å². The first-order valence-corrected chi connectivity index (χ1v) is 7.02. The van der Waals surface area contributed by atoms with Gasteiger partial charge in [0.2, 0.25) is 0 Å². The van der Waals surface area contributed by atoms with Crippen LogP contribution >= 0.6 is 0 Å². The Bertz CT molecular complexity index is 362. The van der Waals surface area contributed by atoms with Gasteiger partial charge in [0.1, 0.15) is 5.82 Å². The predicted octanol–water partition coefficient (Wildman–Crippen LogP) is 4.77. The maximum atomic E-state index is 13.5. The van der Waals surface area contributed by atoms with E-state index in [2.05, 4.69) is 13.8 Å². The molecule has 0 saturated carbocycles. The normalized spacial score (nSPS) is 14.5. The number of benzene rings is 1. The first-order chi connectivity index (χ1) is 8.58. The van der Waals surface area contributed by atoms with Crippen LogP contribution in [0.15, 0.2) is 18.2 Å². The molecule has 2 unspecified atom stereocenters. The maximum Gasteiger partial charge on any atom is 0.126 e. The second-order valence-electron chi connectivity index (χ2n) is 5.18. The van der Waals surface area contributed by atoms with Gasteiger partial charge in [0.25, 0.3) is 0 Å². The summed E-state index contributed by atoms with van der Waals surface area (Å²) < 4.78 is 13.5. The number of hydrogen-bond donors (Lipinski definition) is 1. The van der Waals surface area contributed by atoms with Crippen molar-refractivity contribution in [3.63, 3.8) is 0 Å². The lowest BCUT2D eigenvalue weighted by atomic mass is 9.90. The average Bonchev–Trinajstić information content (AvgIpc) is 2.37. The number of halogens is 1. The van der Waals surface area contributed by atoms with Crippen molar-refractivity contribution in [2.45, 2.75) is 59.0 Å². The first kappa shape index (κ1) is 15.2. The molecule has 0 heterocycles. The number of hydrogen-bond acceptors (Lipinski definition) is 1. The zero-order chi connectivity index (χ0) is 13.5.